The van der Waals surface area contributed by atoms with Gasteiger partial charge in [-0.25, -0.2) is 0 Å². The first-order chi connectivity index (χ1) is 8.65. The van der Waals surface area contributed by atoms with E-state index in [1.165, 1.54) is 0 Å². The molecule has 5 heteroatoms. The highest BCUT2D eigenvalue weighted by Crippen LogP contribution is 2.30. The minimum Gasteiger partial charge on any atom is -0.496 e. The van der Waals surface area contributed by atoms with Crippen LogP contribution in [0.4, 0.5) is 0 Å². The number of likely N-dealkylation sites (tertiary alicyclic amines) is 1. The molecular formula is C13H17NO4. The fourth-order valence-corrected chi connectivity index (χ4v) is 2.18. The van der Waals surface area contributed by atoms with Gasteiger partial charge in [0, 0.05) is 6.54 Å². The molecule has 0 aromatic heterocycles. The van der Waals surface area contributed by atoms with Crippen LogP contribution in [0.3, 0.4) is 0 Å². The largest absolute Gasteiger partial charge is 0.496 e. The highest BCUT2D eigenvalue weighted by Gasteiger charge is 2.29. The van der Waals surface area contributed by atoms with Gasteiger partial charge in [0.2, 0.25) is 5.91 Å². The van der Waals surface area contributed by atoms with Gasteiger partial charge in [0.1, 0.15) is 11.5 Å². The molecule has 0 spiro atoms. The highest BCUT2D eigenvalue weighted by molar-refractivity contribution is 5.79. The lowest BCUT2D eigenvalue weighted by Crippen LogP contribution is -2.25. The first-order valence-corrected chi connectivity index (χ1v) is 5.81. The molecular weight excluding hydrogens is 234 g/mol. The van der Waals surface area contributed by atoms with E-state index in [1.54, 1.807) is 19.1 Å². The van der Waals surface area contributed by atoms with Gasteiger partial charge in [-0.1, -0.05) is 6.07 Å². The van der Waals surface area contributed by atoms with Gasteiger partial charge in [-0.2, -0.15) is 0 Å². The zero-order valence-corrected chi connectivity index (χ0v) is 10.5. The van der Waals surface area contributed by atoms with Crippen molar-refractivity contribution in [3.8, 4) is 11.5 Å². The van der Waals surface area contributed by atoms with Crippen molar-refractivity contribution in [2.75, 3.05) is 20.8 Å². The van der Waals surface area contributed by atoms with Gasteiger partial charge in [0.15, 0.2) is 0 Å². The van der Waals surface area contributed by atoms with Crippen LogP contribution in [0.1, 0.15) is 12.0 Å². The molecule has 0 aliphatic carbocycles. The van der Waals surface area contributed by atoms with E-state index in [9.17, 15) is 9.90 Å². The highest BCUT2D eigenvalue weighted by atomic mass is 16.5. The number of aliphatic hydroxyl groups excluding tert-OH is 1. The first kappa shape index (κ1) is 12.7. The Morgan fingerprint density at radius 2 is 1.94 bits per heavy atom. The second-order valence-corrected chi connectivity index (χ2v) is 4.27. The molecule has 1 heterocycles. The summed E-state index contributed by atoms with van der Waals surface area (Å²) in [5, 5.41) is 9.48. The number of hydrogen-bond donors (Lipinski definition) is 1. The van der Waals surface area contributed by atoms with Crippen molar-refractivity contribution in [3.05, 3.63) is 23.8 Å². The summed E-state index contributed by atoms with van der Waals surface area (Å²) in [7, 11) is 3.16. The number of amides is 1. The Kier molecular flexibility index (Phi) is 3.72. The summed E-state index contributed by atoms with van der Waals surface area (Å²) >= 11 is 0. The average Bonchev–Trinajstić information content (AvgIpc) is 2.68. The number of aliphatic hydroxyl groups is 1. The molecule has 98 valence electrons. The van der Waals surface area contributed by atoms with Crippen molar-refractivity contribution >= 4 is 5.91 Å². The van der Waals surface area contributed by atoms with Crippen molar-refractivity contribution < 1.29 is 19.4 Å². The van der Waals surface area contributed by atoms with Crippen LogP contribution in [0.2, 0.25) is 0 Å². The smallest absolute Gasteiger partial charge is 0.225 e. The van der Waals surface area contributed by atoms with E-state index < -0.39 is 6.10 Å². The Bertz CT molecular complexity index is 424. The van der Waals surface area contributed by atoms with Gasteiger partial charge in [-0.15, -0.1) is 0 Å². The third-order valence-electron chi connectivity index (χ3n) is 3.07. The van der Waals surface area contributed by atoms with Crippen molar-refractivity contribution in [2.45, 2.75) is 19.1 Å². The number of carbonyl (C=O) groups is 1. The Balaban J connectivity index is 2.25. The molecule has 1 atom stereocenters. The van der Waals surface area contributed by atoms with Gasteiger partial charge >= 0.3 is 0 Å². The van der Waals surface area contributed by atoms with Gasteiger partial charge in [0.05, 0.1) is 38.9 Å². The Hall–Kier alpha value is -1.75. The van der Waals surface area contributed by atoms with Crippen LogP contribution in [-0.2, 0) is 11.3 Å². The standard InChI is InChI=1S/C13H17NO4/c1-17-11-4-3-5-12(18-2)10(11)8-14-7-9(15)6-13(14)16/h3-5,9,15H,6-8H2,1-2H3. The quantitative estimate of drug-likeness (QED) is 0.859. The maximum atomic E-state index is 11.7. The molecule has 1 fully saturated rings. The number of nitrogens with zero attached hydrogens (tertiary/aromatic N) is 1. The third kappa shape index (κ3) is 2.41. The lowest BCUT2D eigenvalue weighted by atomic mass is 10.1. The number of rotatable bonds is 4. The Morgan fingerprint density at radius 1 is 1.33 bits per heavy atom. The van der Waals surface area contributed by atoms with Gasteiger partial charge in [-0.3, -0.25) is 4.79 Å². The minimum absolute atomic E-state index is 0.0459. The van der Waals surface area contributed by atoms with E-state index in [0.29, 0.717) is 24.6 Å². The van der Waals surface area contributed by atoms with Crippen molar-refractivity contribution in [1.29, 1.82) is 0 Å². The monoisotopic (exact) mass is 251 g/mol. The fourth-order valence-electron chi connectivity index (χ4n) is 2.18. The molecule has 0 radical (unpaired) electrons. The van der Waals surface area contributed by atoms with Gasteiger partial charge in [-0.05, 0) is 12.1 Å². The number of β-amino-alcohol motifs (C(OH)–C–C–N with tert-alkyl or cyclic N) is 1. The molecule has 0 bridgehead atoms. The van der Waals surface area contributed by atoms with Crippen LogP contribution in [0.25, 0.3) is 0 Å². The lowest BCUT2D eigenvalue weighted by molar-refractivity contribution is -0.128. The van der Waals surface area contributed by atoms with E-state index in [4.69, 9.17) is 9.47 Å². The summed E-state index contributed by atoms with van der Waals surface area (Å²) in [6.45, 7) is 0.753. The average molecular weight is 251 g/mol. The fraction of sp³-hybridized carbons (Fsp3) is 0.462. The van der Waals surface area contributed by atoms with Crippen LogP contribution in [-0.4, -0.2) is 42.8 Å². The van der Waals surface area contributed by atoms with Gasteiger partial charge in [0.25, 0.3) is 0 Å². The van der Waals surface area contributed by atoms with E-state index in [0.717, 1.165) is 5.56 Å². The molecule has 0 saturated carbocycles. The summed E-state index contributed by atoms with van der Waals surface area (Å²) in [4.78, 5) is 13.3. The Labute approximate surface area is 106 Å². The lowest BCUT2D eigenvalue weighted by Gasteiger charge is -2.19. The molecule has 1 aliphatic rings. The summed E-state index contributed by atoms with van der Waals surface area (Å²) < 4.78 is 10.6. The van der Waals surface area contributed by atoms with Gasteiger partial charge < -0.3 is 19.5 Å². The maximum Gasteiger partial charge on any atom is 0.225 e. The molecule has 1 aromatic rings. The second kappa shape index (κ2) is 5.27. The van der Waals surface area contributed by atoms with E-state index in [2.05, 4.69) is 0 Å². The third-order valence-corrected chi connectivity index (χ3v) is 3.07. The van der Waals surface area contributed by atoms with E-state index >= 15 is 0 Å². The zero-order valence-electron chi connectivity index (χ0n) is 10.5. The summed E-state index contributed by atoms with van der Waals surface area (Å²) in [6, 6.07) is 5.49. The molecule has 1 aromatic carbocycles. The topological polar surface area (TPSA) is 59.0 Å². The molecule has 5 nitrogen and oxygen atoms in total. The van der Waals surface area contributed by atoms with Crippen molar-refractivity contribution in [1.82, 2.24) is 4.90 Å². The minimum atomic E-state index is -0.571. The molecule has 1 N–H and O–H groups in total. The van der Waals surface area contributed by atoms with Crippen LogP contribution in [0.5, 0.6) is 11.5 Å². The van der Waals surface area contributed by atoms with E-state index in [-0.39, 0.29) is 12.3 Å². The summed E-state index contributed by atoms with van der Waals surface area (Å²) in [6.07, 6.45) is -0.379. The predicted octanol–water partition coefficient (Wildman–Crippen LogP) is 0.797. The zero-order chi connectivity index (χ0) is 13.1. The number of methoxy groups -OCH3 is 2. The van der Waals surface area contributed by atoms with Crippen molar-refractivity contribution in [3.63, 3.8) is 0 Å². The second-order valence-electron chi connectivity index (χ2n) is 4.27. The summed E-state index contributed by atoms with van der Waals surface area (Å²) in [5.74, 6) is 1.32. The molecule has 1 amide bonds. The SMILES string of the molecule is COc1cccc(OC)c1CN1CC(O)CC1=O. The van der Waals surface area contributed by atoms with Crippen molar-refractivity contribution in [2.24, 2.45) is 0 Å². The molecule has 18 heavy (non-hydrogen) atoms. The number of hydrogen-bond acceptors (Lipinski definition) is 4. The first-order valence-electron chi connectivity index (χ1n) is 5.81. The molecule has 1 aliphatic heterocycles. The number of carbonyl (C=O) groups excluding carboxylic acids is 1. The van der Waals surface area contributed by atoms with E-state index in [1.807, 2.05) is 18.2 Å². The van der Waals surface area contributed by atoms with Crippen LogP contribution in [0.15, 0.2) is 18.2 Å². The normalized spacial score (nSPS) is 19.2. The molecule has 1 unspecified atom stereocenters. The maximum absolute atomic E-state index is 11.7. The molecule has 2 rings (SSSR count). The Morgan fingerprint density at radius 3 is 2.39 bits per heavy atom. The van der Waals surface area contributed by atoms with Crippen LogP contribution in [0, 0.1) is 0 Å². The van der Waals surface area contributed by atoms with Crippen LogP contribution < -0.4 is 9.47 Å². The molecule has 1 saturated heterocycles. The van der Waals surface area contributed by atoms with Crippen LogP contribution >= 0.6 is 0 Å². The predicted molar refractivity (Wildman–Crippen MR) is 65.6 cm³/mol. The summed E-state index contributed by atoms with van der Waals surface area (Å²) in [5.41, 5.74) is 0.824. The number of benzene rings is 1. The number of ether oxygens (including phenoxy) is 2.